The quantitative estimate of drug-likeness (QED) is 0.709. The third kappa shape index (κ3) is 6.65. The Balaban J connectivity index is 2.26. The van der Waals surface area contributed by atoms with E-state index in [9.17, 15) is 9.90 Å². The van der Waals surface area contributed by atoms with Crippen molar-refractivity contribution in [3.8, 4) is 12.3 Å². The lowest BCUT2D eigenvalue weighted by molar-refractivity contribution is -0.0649. The minimum atomic E-state index is -0.564. The lowest BCUT2D eigenvalue weighted by Crippen LogP contribution is -2.51. The molecule has 1 N–H and O–H groups in total. The van der Waals surface area contributed by atoms with Crippen molar-refractivity contribution in [3.05, 3.63) is 0 Å². The fourth-order valence-electron chi connectivity index (χ4n) is 2.30. The largest absolute Gasteiger partial charge is 0.450 e. The number of carbonyl (C=O) groups excluding carboxylic acids is 1. The lowest BCUT2D eigenvalue weighted by atomic mass is 10.1. The second kappa shape index (κ2) is 8.99. The SMILES string of the molecule is C#CCC(C)(C)OCC(O)CN1CCN(C(=O)OCC)CC1. The van der Waals surface area contributed by atoms with Crippen LogP contribution in [0.2, 0.25) is 0 Å². The van der Waals surface area contributed by atoms with E-state index in [4.69, 9.17) is 15.9 Å². The van der Waals surface area contributed by atoms with Crippen molar-refractivity contribution in [1.82, 2.24) is 9.80 Å². The van der Waals surface area contributed by atoms with E-state index in [-0.39, 0.29) is 12.7 Å². The third-order valence-electron chi connectivity index (χ3n) is 3.56. The molecule has 1 aliphatic heterocycles. The summed E-state index contributed by atoms with van der Waals surface area (Å²) in [6.45, 7) is 9.50. The number of aliphatic hydroxyl groups is 1. The molecule has 1 fully saturated rings. The fourth-order valence-corrected chi connectivity index (χ4v) is 2.30. The third-order valence-corrected chi connectivity index (χ3v) is 3.56. The summed E-state index contributed by atoms with van der Waals surface area (Å²) in [5, 5.41) is 10.1. The Morgan fingerprint density at radius 1 is 1.36 bits per heavy atom. The van der Waals surface area contributed by atoms with Crippen molar-refractivity contribution in [2.75, 3.05) is 45.9 Å². The minimum Gasteiger partial charge on any atom is -0.450 e. The maximum atomic E-state index is 11.6. The Hall–Kier alpha value is -1.29. The highest BCUT2D eigenvalue weighted by molar-refractivity contribution is 5.67. The van der Waals surface area contributed by atoms with Gasteiger partial charge in [-0.15, -0.1) is 12.3 Å². The number of carbonyl (C=O) groups is 1. The number of ether oxygens (including phenoxy) is 2. The van der Waals surface area contributed by atoms with Gasteiger partial charge < -0.3 is 19.5 Å². The van der Waals surface area contributed by atoms with Crippen molar-refractivity contribution < 1.29 is 19.4 Å². The Morgan fingerprint density at radius 2 is 2.00 bits per heavy atom. The molecular weight excluding hydrogens is 284 g/mol. The van der Waals surface area contributed by atoms with Gasteiger partial charge in [-0.25, -0.2) is 4.79 Å². The summed E-state index contributed by atoms with van der Waals surface area (Å²) in [7, 11) is 0. The van der Waals surface area contributed by atoms with Gasteiger partial charge in [0.2, 0.25) is 0 Å². The van der Waals surface area contributed by atoms with Crippen molar-refractivity contribution in [3.63, 3.8) is 0 Å². The highest BCUT2D eigenvalue weighted by Crippen LogP contribution is 2.14. The van der Waals surface area contributed by atoms with Crippen molar-refractivity contribution in [2.45, 2.75) is 38.9 Å². The molecule has 6 nitrogen and oxygen atoms in total. The van der Waals surface area contributed by atoms with Crippen LogP contribution in [0.4, 0.5) is 4.79 Å². The van der Waals surface area contributed by atoms with Crippen LogP contribution in [-0.2, 0) is 9.47 Å². The molecule has 1 rings (SSSR count). The van der Waals surface area contributed by atoms with E-state index in [1.165, 1.54) is 0 Å². The second-order valence-electron chi connectivity index (χ2n) is 6.09. The zero-order valence-corrected chi connectivity index (χ0v) is 13.9. The van der Waals surface area contributed by atoms with Gasteiger partial charge in [-0.2, -0.15) is 0 Å². The predicted octanol–water partition coefficient (Wildman–Crippen LogP) is 0.940. The molecule has 0 saturated carbocycles. The van der Waals surface area contributed by atoms with Gasteiger partial charge in [-0.3, -0.25) is 4.90 Å². The average molecular weight is 312 g/mol. The standard InChI is InChI=1S/C16H28N2O4/c1-5-7-16(3,4)22-13-14(19)12-17-8-10-18(11-9-17)15(20)21-6-2/h1,14,19H,6-13H2,2-4H3. The van der Waals surface area contributed by atoms with Crippen molar-refractivity contribution >= 4 is 6.09 Å². The Morgan fingerprint density at radius 3 is 2.55 bits per heavy atom. The summed E-state index contributed by atoms with van der Waals surface area (Å²) < 4.78 is 10.6. The van der Waals surface area contributed by atoms with Gasteiger partial charge in [0.25, 0.3) is 0 Å². The van der Waals surface area contributed by atoms with Gasteiger partial charge in [0, 0.05) is 39.1 Å². The Bertz CT molecular complexity index is 384. The van der Waals surface area contributed by atoms with E-state index in [0.717, 1.165) is 13.1 Å². The molecule has 0 spiro atoms. The highest BCUT2D eigenvalue weighted by atomic mass is 16.6. The van der Waals surface area contributed by atoms with E-state index >= 15 is 0 Å². The van der Waals surface area contributed by atoms with Crippen LogP contribution in [0.1, 0.15) is 27.2 Å². The second-order valence-corrected chi connectivity index (χ2v) is 6.09. The van der Waals surface area contributed by atoms with Gasteiger partial charge in [-0.1, -0.05) is 0 Å². The number of amides is 1. The van der Waals surface area contributed by atoms with E-state index in [2.05, 4.69) is 10.8 Å². The van der Waals surface area contributed by atoms with E-state index < -0.39 is 11.7 Å². The Labute approximate surface area is 133 Å². The van der Waals surface area contributed by atoms with Crippen molar-refractivity contribution in [2.24, 2.45) is 0 Å². The molecule has 1 unspecified atom stereocenters. The minimum absolute atomic E-state index is 0.257. The van der Waals surface area contributed by atoms with Gasteiger partial charge >= 0.3 is 6.09 Å². The molecule has 0 radical (unpaired) electrons. The molecule has 6 heteroatoms. The lowest BCUT2D eigenvalue weighted by Gasteiger charge is -2.35. The number of terminal acetylenes is 1. The number of hydrogen-bond acceptors (Lipinski definition) is 5. The summed E-state index contributed by atoms with van der Waals surface area (Å²) >= 11 is 0. The Kier molecular flexibility index (Phi) is 7.66. The van der Waals surface area contributed by atoms with Gasteiger partial charge in [-0.05, 0) is 20.8 Å². The molecule has 1 amide bonds. The zero-order chi connectivity index (χ0) is 16.6. The number of β-amino-alcohol motifs (C(OH)–C–C–N with tert-alkyl or cyclic N) is 1. The van der Waals surface area contributed by atoms with Crippen LogP contribution in [0, 0.1) is 12.3 Å². The van der Waals surface area contributed by atoms with Gasteiger partial charge in [0.05, 0.1) is 24.9 Å². The molecule has 1 aliphatic rings. The van der Waals surface area contributed by atoms with Crippen LogP contribution < -0.4 is 0 Å². The first-order valence-corrected chi connectivity index (χ1v) is 7.77. The van der Waals surface area contributed by atoms with E-state index in [0.29, 0.717) is 32.7 Å². The van der Waals surface area contributed by atoms with Gasteiger partial charge in [0.15, 0.2) is 0 Å². The maximum Gasteiger partial charge on any atom is 0.409 e. The molecule has 1 atom stereocenters. The first kappa shape index (κ1) is 18.8. The van der Waals surface area contributed by atoms with E-state index in [1.54, 1.807) is 11.8 Å². The average Bonchev–Trinajstić information content (AvgIpc) is 2.46. The molecule has 126 valence electrons. The molecule has 0 aromatic rings. The number of piperazine rings is 1. The van der Waals surface area contributed by atoms with Crippen LogP contribution in [0.25, 0.3) is 0 Å². The molecule has 0 aromatic carbocycles. The number of nitrogens with zero attached hydrogens (tertiary/aromatic N) is 2. The number of rotatable bonds is 7. The first-order chi connectivity index (χ1) is 10.4. The normalized spacial score (nSPS) is 17.9. The fraction of sp³-hybridized carbons (Fsp3) is 0.812. The van der Waals surface area contributed by atoms with Crippen LogP contribution in [-0.4, -0.2) is 78.6 Å². The topological polar surface area (TPSA) is 62.2 Å². The van der Waals surface area contributed by atoms with Crippen molar-refractivity contribution in [1.29, 1.82) is 0 Å². The molecule has 1 saturated heterocycles. The monoisotopic (exact) mass is 312 g/mol. The maximum absolute atomic E-state index is 11.6. The van der Waals surface area contributed by atoms with Gasteiger partial charge in [0.1, 0.15) is 0 Å². The van der Waals surface area contributed by atoms with Crippen LogP contribution in [0.15, 0.2) is 0 Å². The van der Waals surface area contributed by atoms with Crippen LogP contribution >= 0.6 is 0 Å². The summed E-state index contributed by atoms with van der Waals surface area (Å²) in [4.78, 5) is 15.4. The predicted molar refractivity (Wildman–Crippen MR) is 84.5 cm³/mol. The first-order valence-electron chi connectivity index (χ1n) is 7.77. The van der Waals surface area contributed by atoms with Crippen LogP contribution in [0.3, 0.4) is 0 Å². The number of aliphatic hydroxyl groups excluding tert-OH is 1. The number of hydrogen-bond donors (Lipinski definition) is 1. The molecule has 0 aromatic heterocycles. The molecular formula is C16H28N2O4. The summed E-state index contributed by atoms with van der Waals surface area (Å²) in [6.07, 6.45) is 4.97. The molecule has 0 aliphatic carbocycles. The van der Waals surface area contributed by atoms with E-state index in [1.807, 2.05) is 13.8 Å². The summed E-state index contributed by atoms with van der Waals surface area (Å²) in [5.41, 5.74) is -0.418. The van der Waals surface area contributed by atoms with Crippen LogP contribution in [0.5, 0.6) is 0 Å². The molecule has 0 bridgehead atoms. The highest BCUT2D eigenvalue weighted by Gasteiger charge is 2.24. The summed E-state index contributed by atoms with van der Waals surface area (Å²) in [5.74, 6) is 2.57. The summed E-state index contributed by atoms with van der Waals surface area (Å²) in [6, 6.07) is 0. The molecule has 1 heterocycles. The smallest absolute Gasteiger partial charge is 0.409 e. The zero-order valence-electron chi connectivity index (χ0n) is 13.9. The molecule has 22 heavy (non-hydrogen) atoms.